The summed E-state index contributed by atoms with van der Waals surface area (Å²) in [4.78, 5) is 47.3. The smallest absolute Gasteiger partial charge is 0.336 e. The van der Waals surface area contributed by atoms with E-state index in [2.05, 4.69) is 5.32 Å². The average Bonchev–Trinajstić information content (AvgIpc) is 3.69. The number of hydrogen-bond donors (Lipinski definition) is 6. The van der Waals surface area contributed by atoms with Crippen molar-refractivity contribution in [1.82, 2.24) is 24.4 Å². The molecule has 8 rings (SSSR count). The monoisotopic (exact) mass is 705 g/mol. The number of hydrogen-bond acceptors (Lipinski definition) is 10. The van der Waals surface area contributed by atoms with Crippen molar-refractivity contribution in [3.05, 3.63) is 94.0 Å². The van der Waals surface area contributed by atoms with Crippen molar-refractivity contribution in [2.45, 2.75) is 32.3 Å². The number of aryl methyl sites for hydroxylation is 2. The lowest BCUT2D eigenvalue weighted by Crippen LogP contribution is -2.17. The molecule has 4 heterocycles. The quantitative estimate of drug-likeness (QED) is 0.138. The maximum absolute atomic E-state index is 12.7. The molecule has 4 aromatic carbocycles. The third-order valence-corrected chi connectivity index (χ3v) is 9.35. The van der Waals surface area contributed by atoms with Gasteiger partial charge in [0.25, 0.3) is 11.8 Å². The van der Waals surface area contributed by atoms with Gasteiger partial charge >= 0.3 is 5.97 Å². The molecule has 2 aliphatic heterocycles. The molecule has 0 unspecified atom stereocenters. The first-order chi connectivity index (χ1) is 25.0. The summed E-state index contributed by atoms with van der Waals surface area (Å²) in [7, 11) is 2.80. The Bertz CT molecular complexity index is 2430. The van der Waals surface area contributed by atoms with Gasteiger partial charge in [-0.25, -0.2) is 14.8 Å². The summed E-state index contributed by atoms with van der Waals surface area (Å²) < 4.78 is 15.0. The molecule has 15 heteroatoms. The summed E-state index contributed by atoms with van der Waals surface area (Å²) in [5.74, 6) is -1.64. The van der Waals surface area contributed by atoms with Crippen molar-refractivity contribution in [3.63, 3.8) is 0 Å². The molecule has 0 spiro atoms. The summed E-state index contributed by atoms with van der Waals surface area (Å²) in [6.45, 7) is 1.25. The van der Waals surface area contributed by atoms with Crippen molar-refractivity contribution in [2.75, 3.05) is 20.8 Å². The number of primary amides is 2. The number of fused-ring (bicyclic) bond motifs is 8. The Morgan fingerprint density at radius 2 is 1.31 bits per heavy atom. The second-order valence-electron chi connectivity index (χ2n) is 12.3. The Morgan fingerprint density at radius 3 is 1.83 bits per heavy atom. The van der Waals surface area contributed by atoms with Crippen LogP contribution in [-0.2, 0) is 26.1 Å². The van der Waals surface area contributed by atoms with Crippen LogP contribution in [0.2, 0.25) is 0 Å². The number of carbonyl (C=O) groups is 3. The summed E-state index contributed by atoms with van der Waals surface area (Å²) in [6, 6.07) is 16.9. The van der Waals surface area contributed by atoms with Gasteiger partial charge in [0.15, 0.2) is 17.8 Å². The van der Waals surface area contributed by atoms with Crippen molar-refractivity contribution in [3.8, 4) is 34.3 Å². The number of carbonyl (C=O) groups excluding carboxylic acids is 2. The number of rotatable bonds is 6. The number of methoxy groups -OCH3 is 2. The Hall–Kier alpha value is -6.29. The van der Waals surface area contributed by atoms with E-state index in [-0.39, 0.29) is 46.8 Å². The van der Waals surface area contributed by atoms with E-state index in [0.717, 1.165) is 11.1 Å². The Kier molecular flexibility index (Phi) is 8.84. The number of carboxylic acid groups (broad SMARTS) is 1. The van der Waals surface area contributed by atoms with Gasteiger partial charge in [-0.05, 0) is 60.5 Å². The van der Waals surface area contributed by atoms with Crippen molar-refractivity contribution in [1.29, 1.82) is 0 Å². The predicted molar refractivity (Wildman–Crippen MR) is 190 cm³/mol. The first kappa shape index (κ1) is 34.2. The van der Waals surface area contributed by atoms with Gasteiger partial charge in [-0.3, -0.25) is 9.59 Å². The van der Waals surface area contributed by atoms with Crippen LogP contribution in [-0.4, -0.2) is 73.0 Å². The minimum absolute atomic E-state index is 0.0278. The van der Waals surface area contributed by atoms with E-state index in [1.165, 1.54) is 20.3 Å². The molecule has 15 nitrogen and oxygen atoms in total. The highest BCUT2D eigenvalue weighted by atomic mass is 16.5. The highest BCUT2D eigenvalue weighted by molar-refractivity contribution is 6.03. The normalized spacial score (nSPS) is 13.2. The van der Waals surface area contributed by atoms with Gasteiger partial charge < -0.3 is 50.7 Å². The second kappa shape index (κ2) is 13.4. The van der Waals surface area contributed by atoms with Gasteiger partial charge in [0.2, 0.25) is 0 Å². The van der Waals surface area contributed by atoms with Crippen LogP contribution < -0.4 is 26.3 Å². The van der Waals surface area contributed by atoms with Crippen LogP contribution in [0.4, 0.5) is 0 Å². The third kappa shape index (κ3) is 5.75. The Labute approximate surface area is 296 Å². The number of carboxylic acids is 1. The van der Waals surface area contributed by atoms with Crippen LogP contribution in [0.5, 0.6) is 11.5 Å². The third-order valence-electron chi connectivity index (χ3n) is 9.35. The molecule has 2 aliphatic rings. The molecule has 266 valence electrons. The summed E-state index contributed by atoms with van der Waals surface area (Å²) in [6.07, 6.45) is -1.27. The number of aliphatic hydroxyl groups excluding tert-OH is 1. The van der Waals surface area contributed by atoms with Crippen molar-refractivity contribution >= 4 is 39.9 Å². The Balaban J connectivity index is 1.54. The second-order valence-corrected chi connectivity index (χ2v) is 12.3. The Morgan fingerprint density at radius 1 is 0.750 bits per heavy atom. The number of aromatic carboxylic acids is 1. The lowest BCUT2D eigenvalue weighted by molar-refractivity contribution is -0.0420. The van der Waals surface area contributed by atoms with Crippen molar-refractivity contribution < 1.29 is 39.2 Å². The number of benzene rings is 4. The molecule has 0 saturated heterocycles. The number of aliphatic hydroxyl groups is 2. The zero-order chi connectivity index (χ0) is 36.8. The summed E-state index contributed by atoms with van der Waals surface area (Å²) in [5.41, 5.74) is 15.9. The number of nitrogens with zero attached hydrogens (tertiary/aromatic N) is 4. The van der Waals surface area contributed by atoms with Gasteiger partial charge in [0, 0.05) is 36.3 Å². The summed E-state index contributed by atoms with van der Waals surface area (Å²) in [5, 5.41) is 34.8. The molecule has 0 fully saturated rings. The predicted octanol–water partition coefficient (Wildman–Crippen LogP) is 2.96. The molecule has 0 saturated carbocycles. The highest BCUT2D eigenvalue weighted by Gasteiger charge is 2.27. The zero-order valence-corrected chi connectivity index (χ0v) is 28.2. The van der Waals surface area contributed by atoms with Crippen LogP contribution in [0.25, 0.3) is 44.8 Å². The zero-order valence-electron chi connectivity index (χ0n) is 28.2. The maximum Gasteiger partial charge on any atom is 0.336 e. The van der Waals surface area contributed by atoms with E-state index in [0.29, 0.717) is 64.4 Å². The fourth-order valence-electron chi connectivity index (χ4n) is 6.92. The number of nitrogens with one attached hydrogen (secondary N) is 1. The fourth-order valence-corrected chi connectivity index (χ4v) is 6.92. The first-order valence-electron chi connectivity index (χ1n) is 16.3. The molecule has 2 amide bonds. The fraction of sp³-hybridized carbons (Fsp3) is 0.216. The number of nitrogens with two attached hydrogens (primary N) is 2. The number of ether oxygens (including phenoxy) is 2. The molecule has 4 bridgehead atoms. The minimum atomic E-state index is -1.83. The van der Waals surface area contributed by atoms with E-state index in [9.17, 15) is 29.7 Å². The molecule has 0 radical (unpaired) electrons. The molecule has 0 atom stereocenters. The van der Waals surface area contributed by atoms with E-state index in [4.69, 9.17) is 30.9 Å². The summed E-state index contributed by atoms with van der Waals surface area (Å²) >= 11 is 0. The lowest BCUT2D eigenvalue weighted by atomic mass is 10.0. The van der Waals surface area contributed by atoms with Crippen LogP contribution in [0, 0.1) is 0 Å². The molecule has 2 aromatic heterocycles. The first-order valence-corrected chi connectivity index (χ1v) is 16.3. The molecule has 8 N–H and O–H groups in total. The molecule has 6 aromatic rings. The van der Waals surface area contributed by atoms with Crippen LogP contribution in [0.1, 0.15) is 54.1 Å². The SMILES string of the molecule is COc1c(C(N)=O)ccc2c1nc1n2CCn2c(nc3c(OC)c(C(N)=O)ccc32)-c2cc(ccc2C(O)O)CCNCc2ccc-1c(C(=O)O)c2. The van der Waals surface area contributed by atoms with Gasteiger partial charge in [0.1, 0.15) is 22.7 Å². The van der Waals surface area contributed by atoms with Crippen LogP contribution in [0.3, 0.4) is 0 Å². The number of amides is 2. The van der Waals surface area contributed by atoms with Gasteiger partial charge in [0.05, 0.1) is 41.9 Å². The maximum atomic E-state index is 12.7. The van der Waals surface area contributed by atoms with Gasteiger partial charge in [-0.2, -0.15) is 0 Å². The van der Waals surface area contributed by atoms with E-state index >= 15 is 0 Å². The average molecular weight is 706 g/mol. The molecular weight excluding hydrogens is 670 g/mol. The van der Waals surface area contributed by atoms with Crippen molar-refractivity contribution in [2.24, 2.45) is 11.5 Å². The van der Waals surface area contributed by atoms with E-state index in [1.807, 2.05) is 27.3 Å². The number of imidazole rings is 2. The number of aromatic nitrogens is 4. The van der Waals surface area contributed by atoms with Gasteiger partial charge in [-0.15, -0.1) is 0 Å². The van der Waals surface area contributed by atoms with Crippen LogP contribution >= 0.6 is 0 Å². The molecule has 52 heavy (non-hydrogen) atoms. The lowest BCUT2D eigenvalue weighted by Gasteiger charge is -2.17. The van der Waals surface area contributed by atoms with Crippen LogP contribution in [0.15, 0.2) is 60.7 Å². The van der Waals surface area contributed by atoms with E-state index < -0.39 is 24.1 Å². The minimum Gasteiger partial charge on any atom is -0.494 e. The largest absolute Gasteiger partial charge is 0.494 e. The van der Waals surface area contributed by atoms with Gasteiger partial charge in [-0.1, -0.05) is 24.3 Å². The molecule has 0 aliphatic carbocycles. The standard InChI is InChI=1S/C37H35N7O8/c1-51-30-22(32(38)45)7-9-26-28(30)41-34-20-5-4-19(16-25(20)37(49)50)17-40-12-11-18-3-6-21(36(47)48)24(15-18)35-42-29-27(44(35)14-13-43(26)34)10-8-23(33(39)46)31(29)52-2/h3-10,15-16,36,40,47-48H,11-14,17H2,1-2H3,(H2,38,45)(H2,39,46)(H,49,50). The highest BCUT2D eigenvalue weighted by Crippen LogP contribution is 2.38. The topological polar surface area (TPSA) is 230 Å². The van der Waals surface area contributed by atoms with E-state index in [1.54, 1.807) is 36.4 Å². The molecular formula is C37H35N7O8.